The van der Waals surface area contributed by atoms with Crippen LogP contribution in [-0.2, 0) is 4.79 Å². The van der Waals surface area contributed by atoms with Gasteiger partial charge in [-0.15, -0.1) is 0 Å². The summed E-state index contributed by atoms with van der Waals surface area (Å²) in [6.07, 6.45) is 2.45. The third kappa shape index (κ3) is 4.53. The molecule has 6 nitrogen and oxygen atoms in total. The zero-order valence-electron chi connectivity index (χ0n) is 12.4. The number of nitrogens with one attached hydrogen (secondary N) is 2. The molecule has 0 bridgehead atoms. The maximum atomic E-state index is 11.8. The molecule has 1 atom stereocenters. The number of anilines is 1. The summed E-state index contributed by atoms with van der Waals surface area (Å²) in [5.74, 6) is -0.235. The largest absolute Gasteiger partial charge is 0.374 e. The molecule has 0 aromatic carbocycles. The van der Waals surface area contributed by atoms with E-state index in [0.29, 0.717) is 17.9 Å². The summed E-state index contributed by atoms with van der Waals surface area (Å²) in [7, 11) is 3.34. The maximum absolute atomic E-state index is 11.8. The Hall–Kier alpha value is -2.11. The number of hydrogen-bond donors (Lipinski definition) is 2. The van der Waals surface area contributed by atoms with Crippen LogP contribution in [0, 0.1) is 0 Å². The molecule has 0 spiro atoms. The van der Waals surface area contributed by atoms with Gasteiger partial charge in [-0.25, -0.2) is 0 Å². The molecule has 0 fully saturated rings. The van der Waals surface area contributed by atoms with Crippen LogP contribution in [0.3, 0.4) is 0 Å². The zero-order chi connectivity index (χ0) is 15.1. The molecule has 20 heavy (non-hydrogen) atoms. The monoisotopic (exact) mass is 278 g/mol. The Morgan fingerprint density at radius 3 is 2.70 bits per heavy atom. The van der Waals surface area contributed by atoms with Gasteiger partial charge in [0.2, 0.25) is 5.91 Å². The highest BCUT2D eigenvalue weighted by atomic mass is 16.2. The van der Waals surface area contributed by atoms with Gasteiger partial charge in [0.15, 0.2) is 0 Å². The van der Waals surface area contributed by atoms with Crippen molar-refractivity contribution >= 4 is 17.5 Å². The van der Waals surface area contributed by atoms with E-state index in [1.807, 2.05) is 6.92 Å². The fraction of sp³-hybridized carbons (Fsp3) is 0.500. The van der Waals surface area contributed by atoms with Crippen LogP contribution in [-0.4, -0.2) is 48.4 Å². The van der Waals surface area contributed by atoms with Crippen molar-refractivity contribution in [2.24, 2.45) is 0 Å². The lowest BCUT2D eigenvalue weighted by molar-refractivity contribution is -0.121. The number of rotatable bonds is 6. The average Bonchev–Trinajstić information content (AvgIpc) is 2.43. The molecule has 0 saturated heterocycles. The molecule has 2 amide bonds. The van der Waals surface area contributed by atoms with Gasteiger partial charge >= 0.3 is 0 Å². The minimum atomic E-state index is -0.369. The van der Waals surface area contributed by atoms with E-state index in [2.05, 4.69) is 15.6 Å². The minimum absolute atomic E-state index is 0.0656. The van der Waals surface area contributed by atoms with Gasteiger partial charge in [0.1, 0.15) is 11.7 Å². The second-order valence-electron chi connectivity index (χ2n) is 4.79. The third-order valence-electron chi connectivity index (χ3n) is 2.71. The third-order valence-corrected chi connectivity index (χ3v) is 2.71. The highest BCUT2D eigenvalue weighted by Gasteiger charge is 2.14. The summed E-state index contributed by atoms with van der Waals surface area (Å²) >= 11 is 0. The van der Waals surface area contributed by atoms with E-state index in [4.69, 9.17) is 0 Å². The van der Waals surface area contributed by atoms with Crippen molar-refractivity contribution in [1.82, 2.24) is 15.2 Å². The van der Waals surface area contributed by atoms with E-state index in [1.54, 1.807) is 39.3 Å². The van der Waals surface area contributed by atoms with E-state index in [-0.39, 0.29) is 17.9 Å². The molecule has 0 aliphatic heterocycles. The Bertz CT molecular complexity index is 474. The second-order valence-corrected chi connectivity index (χ2v) is 4.79. The van der Waals surface area contributed by atoms with Crippen LogP contribution >= 0.6 is 0 Å². The van der Waals surface area contributed by atoms with Gasteiger partial charge in [-0.3, -0.25) is 14.6 Å². The van der Waals surface area contributed by atoms with E-state index in [1.165, 1.54) is 4.90 Å². The number of pyridine rings is 1. The molecular formula is C14H22N4O2. The van der Waals surface area contributed by atoms with Crippen molar-refractivity contribution in [3.63, 3.8) is 0 Å². The van der Waals surface area contributed by atoms with Crippen LogP contribution < -0.4 is 10.6 Å². The van der Waals surface area contributed by atoms with Crippen LogP contribution in [0.5, 0.6) is 0 Å². The molecule has 0 aliphatic rings. The Morgan fingerprint density at radius 2 is 2.10 bits per heavy atom. The smallest absolute Gasteiger partial charge is 0.272 e. The first kappa shape index (κ1) is 15.9. The molecule has 110 valence electrons. The van der Waals surface area contributed by atoms with Gasteiger partial charge < -0.3 is 15.5 Å². The molecule has 6 heteroatoms. The molecule has 1 unspecified atom stereocenters. The Balaban J connectivity index is 2.71. The van der Waals surface area contributed by atoms with Crippen molar-refractivity contribution in [3.8, 4) is 0 Å². The van der Waals surface area contributed by atoms with Crippen LogP contribution in [0.1, 0.15) is 30.8 Å². The van der Waals surface area contributed by atoms with Gasteiger partial charge in [-0.05, 0) is 25.5 Å². The normalized spacial score (nSPS) is 11.6. The van der Waals surface area contributed by atoms with Crippen LogP contribution in [0.15, 0.2) is 18.3 Å². The molecule has 0 radical (unpaired) electrons. The fourth-order valence-corrected chi connectivity index (χ4v) is 1.58. The van der Waals surface area contributed by atoms with Gasteiger partial charge in [-0.1, -0.05) is 6.92 Å². The van der Waals surface area contributed by atoms with Crippen molar-refractivity contribution in [2.45, 2.75) is 26.3 Å². The summed E-state index contributed by atoms with van der Waals surface area (Å²) in [5.41, 5.74) is 1.05. The van der Waals surface area contributed by atoms with E-state index >= 15 is 0 Å². The topological polar surface area (TPSA) is 74.3 Å². The quantitative estimate of drug-likeness (QED) is 0.817. The first-order valence-electron chi connectivity index (χ1n) is 6.67. The van der Waals surface area contributed by atoms with E-state index in [9.17, 15) is 9.59 Å². The van der Waals surface area contributed by atoms with Gasteiger partial charge in [0.25, 0.3) is 5.91 Å². The summed E-state index contributed by atoms with van der Waals surface area (Å²) in [6, 6.07) is 3.01. The average molecular weight is 278 g/mol. The molecule has 1 aromatic heterocycles. The maximum Gasteiger partial charge on any atom is 0.272 e. The predicted molar refractivity (Wildman–Crippen MR) is 78.6 cm³/mol. The number of carbonyl (C=O) groups excluding carboxylic acids is 2. The summed E-state index contributed by atoms with van der Waals surface area (Å²) < 4.78 is 0. The number of amides is 2. The SMILES string of the molecule is CCCNC(=O)C(C)Nc1ccnc(C(=O)N(C)C)c1. The summed E-state index contributed by atoms with van der Waals surface area (Å²) in [4.78, 5) is 29.1. The number of carbonyl (C=O) groups is 2. The Morgan fingerprint density at radius 1 is 1.40 bits per heavy atom. The minimum Gasteiger partial charge on any atom is -0.374 e. The van der Waals surface area contributed by atoms with Crippen LogP contribution in [0.4, 0.5) is 5.69 Å². The second kappa shape index (κ2) is 7.47. The highest BCUT2D eigenvalue weighted by Crippen LogP contribution is 2.10. The summed E-state index contributed by atoms with van der Waals surface area (Å²) in [6.45, 7) is 4.44. The molecule has 2 N–H and O–H groups in total. The van der Waals surface area contributed by atoms with Gasteiger partial charge in [0.05, 0.1) is 0 Å². The molecular weight excluding hydrogens is 256 g/mol. The summed E-state index contributed by atoms with van der Waals surface area (Å²) in [5, 5.41) is 5.88. The highest BCUT2D eigenvalue weighted by molar-refractivity contribution is 5.93. The molecule has 0 saturated carbocycles. The number of aromatic nitrogens is 1. The first-order chi connectivity index (χ1) is 9.45. The molecule has 1 heterocycles. The van der Waals surface area contributed by atoms with Gasteiger partial charge in [0, 0.05) is 32.5 Å². The number of hydrogen-bond acceptors (Lipinski definition) is 4. The number of nitrogens with zero attached hydrogens (tertiary/aromatic N) is 2. The van der Waals surface area contributed by atoms with E-state index in [0.717, 1.165) is 6.42 Å². The lowest BCUT2D eigenvalue weighted by atomic mass is 10.2. The molecule has 0 aliphatic carbocycles. The van der Waals surface area contributed by atoms with Crippen molar-refractivity contribution in [1.29, 1.82) is 0 Å². The standard InChI is InChI=1S/C14H22N4O2/c1-5-7-16-13(19)10(2)17-11-6-8-15-12(9-11)14(20)18(3)4/h6,8-10H,5,7H2,1-4H3,(H,15,17)(H,16,19). The Kier molecular flexibility index (Phi) is 5.96. The van der Waals surface area contributed by atoms with Crippen LogP contribution in [0.25, 0.3) is 0 Å². The molecule has 1 rings (SSSR count). The van der Waals surface area contributed by atoms with Crippen molar-refractivity contribution < 1.29 is 9.59 Å². The lowest BCUT2D eigenvalue weighted by Gasteiger charge is -2.16. The fourth-order valence-electron chi connectivity index (χ4n) is 1.58. The first-order valence-corrected chi connectivity index (χ1v) is 6.67. The van der Waals surface area contributed by atoms with Crippen molar-refractivity contribution in [2.75, 3.05) is 26.0 Å². The Labute approximate surface area is 119 Å². The van der Waals surface area contributed by atoms with E-state index < -0.39 is 0 Å². The molecule has 1 aromatic rings. The van der Waals surface area contributed by atoms with Gasteiger partial charge in [-0.2, -0.15) is 0 Å². The zero-order valence-corrected chi connectivity index (χ0v) is 12.4. The van der Waals surface area contributed by atoms with Crippen molar-refractivity contribution in [3.05, 3.63) is 24.0 Å². The lowest BCUT2D eigenvalue weighted by Crippen LogP contribution is -2.37. The van der Waals surface area contributed by atoms with Crippen LogP contribution in [0.2, 0.25) is 0 Å². The predicted octanol–water partition coefficient (Wildman–Crippen LogP) is 1.11.